The van der Waals surface area contributed by atoms with Gasteiger partial charge in [0.25, 0.3) is 5.91 Å². The molecule has 4 rings (SSSR count). The van der Waals surface area contributed by atoms with Crippen molar-refractivity contribution in [2.45, 2.75) is 25.3 Å². The number of nitrogens with one attached hydrogen (secondary N) is 1. The second-order valence-electron chi connectivity index (χ2n) is 6.71. The molecule has 1 aliphatic carbocycles. The van der Waals surface area contributed by atoms with Gasteiger partial charge in [-0.15, -0.1) is 24.0 Å². The van der Waals surface area contributed by atoms with Crippen molar-refractivity contribution in [3.05, 3.63) is 48.3 Å². The molecule has 0 bridgehead atoms. The topological polar surface area (TPSA) is 74.2 Å². The van der Waals surface area contributed by atoms with Crippen LogP contribution in [0.3, 0.4) is 0 Å². The Labute approximate surface area is 175 Å². The molecule has 1 saturated carbocycles. The van der Waals surface area contributed by atoms with E-state index in [1.165, 1.54) is 19.1 Å². The van der Waals surface area contributed by atoms with E-state index in [0.29, 0.717) is 31.4 Å². The lowest BCUT2D eigenvalue weighted by atomic mass is 10.3. The minimum atomic E-state index is -0.0406. The van der Waals surface area contributed by atoms with Crippen LogP contribution in [0.1, 0.15) is 29.2 Å². The zero-order chi connectivity index (χ0) is 17.8. The van der Waals surface area contributed by atoms with Crippen LogP contribution >= 0.6 is 24.0 Å². The first-order valence-corrected chi connectivity index (χ1v) is 9.21. The van der Waals surface area contributed by atoms with E-state index in [0.717, 1.165) is 31.2 Å². The predicted octanol–water partition coefficient (Wildman–Crippen LogP) is 2.60. The molecule has 0 aromatic carbocycles. The molecule has 2 aromatic rings. The van der Waals surface area contributed by atoms with E-state index in [9.17, 15) is 4.79 Å². The number of nitrogens with zero attached hydrogens (tertiary/aromatic N) is 3. The van der Waals surface area contributed by atoms with E-state index in [1.807, 2.05) is 17.0 Å². The summed E-state index contributed by atoms with van der Waals surface area (Å²) in [5, 5.41) is 3.54. The Morgan fingerprint density at radius 2 is 1.78 bits per heavy atom. The van der Waals surface area contributed by atoms with Gasteiger partial charge in [-0.25, -0.2) is 0 Å². The number of halogens is 1. The Morgan fingerprint density at radius 3 is 2.41 bits per heavy atom. The maximum atomic E-state index is 12.4. The van der Waals surface area contributed by atoms with Crippen molar-refractivity contribution in [3.8, 4) is 0 Å². The molecular formula is C19H25IN4O3. The summed E-state index contributed by atoms with van der Waals surface area (Å²) in [6, 6.07) is 7.87. The highest BCUT2D eigenvalue weighted by molar-refractivity contribution is 14.0. The van der Waals surface area contributed by atoms with Gasteiger partial charge in [0.1, 0.15) is 5.76 Å². The van der Waals surface area contributed by atoms with Crippen molar-refractivity contribution >= 4 is 35.8 Å². The third-order valence-electron chi connectivity index (χ3n) is 4.71. The van der Waals surface area contributed by atoms with Crippen LogP contribution in [0.4, 0.5) is 0 Å². The smallest absolute Gasteiger partial charge is 0.289 e. The Bertz CT molecular complexity index is 733. The molecule has 7 nitrogen and oxygen atoms in total. The fourth-order valence-electron chi connectivity index (χ4n) is 3.05. The van der Waals surface area contributed by atoms with Crippen LogP contribution in [0.5, 0.6) is 0 Å². The van der Waals surface area contributed by atoms with Crippen molar-refractivity contribution in [3.63, 3.8) is 0 Å². The van der Waals surface area contributed by atoms with Gasteiger partial charge in [0.2, 0.25) is 0 Å². The number of carbonyl (C=O) groups excluding carboxylic acids is 1. The highest BCUT2D eigenvalue weighted by Gasteiger charge is 2.28. The SMILES string of the molecule is I.O=C(c1ccco1)N1CCN(C(=NCCc2ccco2)NC2CC2)CC1. The maximum absolute atomic E-state index is 12.4. The largest absolute Gasteiger partial charge is 0.469 e. The Morgan fingerprint density at radius 1 is 1.07 bits per heavy atom. The lowest BCUT2D eigenvalue weighted by Crippen LogP contribution is -2.54. The average molecular weight is 484 g/mol. The first-order chi connectivity index (χ1) is 12.8. The second kappa shape index (κ2) is 9.29. The van der Waals surface area contributed by atoms with Gasteiger partial charge in [0.05, 0.1) is 12.5 Å². The van der Waals surface area contributed by atoms with Crippen molar-refractivity contribution in [1.29, 1.82) is 0 Å². The van der Waals surface area contributed by atoms with Gasteiger partial charge >= 0.3 is 0 Å². The average Bonchev–Trinajstić information content (AvgIpc) is 3.13. The Kier molecular flexibility index (Phi) is 6.81. The number of hydrogen-bond acceptors (Lipinski definition) is 4. The normalized spacial score (nSPS) is 17.6. The fraction of sp³-hybridized carbons (Fsp3) is 0.474. The van der Waals surface area contributed by atoms with Gasteiger partial charge in [-0.1, -0.05) is 0 Å². The minimum Gasteiger partial charge on any atom is -0.469 e. The molecule has 0 unspecified atom stereocenters. The number of aliphatic imine (C=N–C) groups is 1. The van der Waals surface area contributed by atoms with Gasteiger partial charge < -0.3 is 24.0 Å². The van der Waals surface area contributed by atoms with Crippen LogP contribution < -0.4 is 5.32 Å². The fourth-order valence-corrected chi connectivity index (χ4v) is 3.05. The number of piperazine rings is 1. The van der Waals surface area contributed by atoms with Crippen LogP contribution in [-0.4, -0.2) is 60.4 Å². The third-order valence-corrected chi connectivity index (χ3v) is 4.71. The van der Waals surface area contributed by atoms with E-state index < -0.39 is 0 Å². The molecule has 2 aliphatic rings. The van der Waals surface area contributed by atoms with Crippen LogP contribution in [0, 0.1) is 0 Å². The zero-order valence-electron chi connectivity index (χ0n) is 15.2. The zero-order valence-corrected chi connectivity index (χ0v) is 17.5. The number of guanidine groups is 1. The van der Waals surface area contributed by atoms with Crippen molar-refractivity contribution in [2.24, 2.45) is 4.99 Å². The molecule has 2 aromatic heterocycles. The molecule has 1 N–H and O–H groups in total. The molecule has 1 amide bonds. The van der Waals surface area contributed by atoms with Crippen LogP contribution in [-0.2, 0) is 6.42 Å². The van der Waals surface area contributed by atoms with Crippen LogP contribution in [0.15, 0.2) is 50.6 Å². The summed E-state index contributed by atoms with van der Waals surface area (Å²) in [6.45, 7) is 3.57. The van der Waals surface area contributed by atoms with Crippen molar-refractivity contribution in [2.75, 3.05) is 32.7 Å². The lowest BCUT2D eigenvalue weighted by Gasteiger charge is -2.36. The van der Waals surface area contributed by atoms with E-state index in [1.54, 1.807) is 18.4 Å². The third kappa shape index (κ3) is 5.27. The highest BCUT2D eigenvalue weighted by atomic mass is 127. The molecular weight excluding hydrogens is 459 g/mol. The quantitative estimate of drug-likeness (QED) is 0.402. The van der Waals surface area contributed by atoms with Gasteiger partial charge in [0, 0.05) is 45.2 Å². The maximum Gasteiger partial charge on any atom is 0.289 e. The summed E-state index contributed by atoms with van der Waals surface area (Å²) in [4.78, 5) is 21.2. The summed E-state index contributed by atoms with van der Waals surface area (Å²) >= 11 is 0. The standard InChI is InChI=1S/C19H24N4O3.HI/c24-18(17-4-2-14-26-17)22-9-11-23(12-10-22)19(21-15-5-6-15)20-8-7-16-3-1-13-25-16;/h1-4,13-15H,5-12H2,(H,20,21);1H. The number of rotatable bonds is 5. The molecule has 0 radical (unpaired) electrons. The number of hydrogen-bond donors (Lipinski definition) is 1. The molecule has 1 saturated heterocycles. The molecule has 1 aliphatic heterocycles. The van der Waals surface area contributed by atoms with Gasteiger partial charge in [0.15, 0.2) is 11.7 Å². The molecule has 0 spiro atoms. The van der Waals surface area contributed by atoms with Gasteiger partial charge in [-0.05, 0) is 37.1 Å². The predicted molar refractivity (Wildman–Crippen MR) is 112 cm³/mol. The first-order valence-electron chi connectivity index (χ1n) is 9.21. The van der Waals surface area contributed by atoms with E-state index >= 15 is 0 Å². The molecule has 27 heavy (non-hydrogen) atoms. The minimum absolute atomic E-state index is 0. The molecule has 0 atom stereocenters. The summed E-state index contributed by atoms with van der Waals surface area (Å²) in [6.07, 6.45) is 6.42. The van der Waals surface area contributed by atoms with E-state index in [-0.39, 0.29) is 29.9 Å². The molecule has 2 fully saturated rings. The highest BCUT2D eigenvalue weighted by Crippen LogP contribution is 2.19. The summed E-state index contributed by atoms with van der Waals surface area (Å²) < 4.78 is 10.6. The molecule has 8 heteroatoms. The van der Waals surface area contributed by atoms with Crippen LogP contribution in [0.25, 0.3) is 0 Å². The Hall–Kier alpha value is -1.97. The second-order valence-corrected chi connectivity index (χ2v) is 6.71. The summed E-state index contributed by atoms with van der Waals surface area (Å²) in [5.41, 5.74) is 0. The van der Waals surface area contributed by atoms with Gasteiger partial charge in [-0.2, -0.15) is 0 Å². The Balaban J connectivity index is 0.00000210. The number of carbonyl (C=O) groups is 1. The lowest BCUT2D eigenvalue weighted by molar-refractivity contribution is 0.0657. The monoisotopic (exact) mass is 484 g/mol. The number of amides is 1. The first kappa shape index (κ1) is 19.8. The van der Waals surface area contributed by atoms with E-state index in [4.69, 9.17) is 13.8 Å². The summed E-state index contributed by atoms with van der Waals surface area (Å²) in [5.74, 6) is 2.26. The van der Waals surface area contributed by atoms with Crippen LogP contribution in [0.2, 0.25) is 0 Å². The number of furan rings is 2. The molecule has 3 heterocycles. The van der Waals surface area contributed by atoms with Gasteiger partial charge in [-0.3, -0.25) is 9.79 Å². The molecule has 146 valence electrons. The van der Waals surface area contributed by atoms with E-state index in [2.05, 4.69) is 10.2 Å². The van der Waals surface area contributed by atoms with Crippen molar-refractivity contribution < 1.29 is 13.6 Å². The van der Waals surface area contributed by atoms with Crippen molar-refractivity contribution in [1.82, 2.24) is 15.1 Å². The summed E-state index contributed by atoms with van der Waals surface area (Å²) in [7, 11) is 0.